The largest absolute Gasteiger partial charge is 0.493 e. The fourth-order valence-electron chi connectivity index (χ4n) is 2.49. The van der Waals surface area contributed by atoms with Crippen molar-refractivity contribution in [3.63, 3.8) is 0 Å². The highest BCUT2D eigenvalue weighted by molar-refractivity contribution is 6.05. The van der Waals surface area contributed by atoms with Gasteiger partial charge in [0.1, 0.15) is 11.3 Å². The molecule has 0 bridgehead atoms. The molecule has 1 aromatic rings. The number of benzene rings is 1. The minimum atomic E-state index is -0.606. The van der Waals surface area contributed by atoms with Crippen LogP contribution in [0, 0.1) is 0 Å². The topological polar surface area (TPSA) is 61.8 Å². The number of hydrogen-bond acceptors (Lipinski definition) is 5. The Bertz CT molecular complexity index is 524. The number of rotatable bonds is 11. The van der Waals surface area contributed by atoms with Crippen molar-refractivity contribution in [3.05, 3.63) is 29.3 Å². The van der Waals surface area contributed by atoms with Gasteiger partial charge in [-0.3, -0.25) is 0 Å². The van der Waals surface area contributed by atoms with E-state index in [4.69, 9.17) is 14.2 Å². The fourth-order valence-corrected chi connectivity index (χ4v) is 2.49. The predicted octanol–water partition coefficient (Wildman–Crippen LogP) is 4.39. The molecule has 0 aromatic heterocycles. The van der Waals surface area contributed by atoms with Crippen molar-refractivity contribution in [1.82, 2.24) is 0 Å². The van der Waals surface area contributed by atoms with Crippen LogP contribution >= 0.6 is 0 Å². The Kier molecular flexibility index (Phi) is 9.58. The third kappa shape index (κ3) is 6.22. The van der Waals surface area contributed by atoms with Gasteiger partial charge in [0.25, 0.3) is 0 Å². The zero-order valence-corrected chi connectivity index (χ0v) is 14.9. The first-order valence-corrected chi connectivity index (χ1v) is 8.58. The van der Waals surface area contributed by atoms with E-state index >= 15 is 0 Å². The molecular formula is C19H28O5. The van der Waals surface area contributed by atoms with Crippen LogP contribution in [0.15, 0.2) is 18.2 Å². The minimum absolute atomic E-state index is 0.120. The molecule has 0 unspecified atom stereocenters. The van der Waals surface area contributed by atoms with Crippen LogP contribution in [-0.2, 0) is 9.47 Å². The van der Waals surface area contributed by atoms with Crippen molar-refractivity contribution >= 4 is 11.9 Å². The standard InChI is InChI=1S/C19H28O5/c1-4-5-6-7-8-9-10-14-24-16-13-11-12-15(18(20)22-2)17(16)19(21)23-3/h11-13H,4-10,14H2,1-3H3. The van der Waals surface area contributed by atoms with Crippen LogP contribution in [0.2, 0.25) is 0 Å². The van der Waals surface area contributed by atoms with Gasteiger partial charge < -0.3 is 14.2 Å². The van der Waals surface area contributed by atoms with Crippen LogP contribution in [0.3, 0.4) is 0 Å². The summed E-state index contributed by atoms with van der Waals surface area (Å²) in [7, 11) is 2.55. The molecule has 0 aliphatic heterocycles. The maximum absolute atomic E-state index is 12.0. The van der Waals surface area contributed by atoms with Gasteiger partial charge in [-0.1, -0.05) is 51.5 Å². The average molecular weight is 336 g/mol. The third-order valence-electron chi connectivity index (χ3n) is 3.83. The van der Waals surface area contributed by atoms with Gasteiger partial charge in [0.2, 0.25) is 0 Å². The van der Waals surface area contributed by atoms with Gasteiger partial charge in [-0.25, -0.2) is 9.59 Å². The van der Waals surface area contributed by atoms with Crippen molar-refractivity contribution in [2.24, 2.45) is 0 Å². The maximum atomic E-state index is 12.0. The van der Waals surface area contributed by atoms with Crippen LogP contribution < -0.4 is 4.74 Å². The van der Waals surface area contributed by atoms with Crippen LogP contribution in [0.25, 0.3) is 0 Å². The molecule has 0 heterocycles. The first kappa shape index (κ1) is 20.0. The first-order valence-electron chi connectivity index (χ1n) is 8.58. The zero-order chi connectivity index (χ0) is 17.8. The van der Waals surface area contributed by atoms with E-state index in [1.807, 2.05) is 0 Å². The van der Waals surface area contributed by atoms with Crippen LogP contribution in [0.1, 0.15) is 72.6 Å². The zero-order valence-electron chi connectivity index (χ0n) is 14.9. The lowest BCUT2D eigenvalue weighted by Gasteiger charge is -2.13. The Morgan fingerprint density at radius 3 is 2.12 bits per heavy atom. The molecule has 0 aliphatic rings. The van der Waals surface area contributed by atoms with E-state index in [1.165, 1.54) is 52.4 Å². The van der Waals surface area contributed by atoms with E-state index in [9.17, 15) is 9.59 Å². The maximum Gasteiger partial charge on any atom is 0.342 e. The number of hydrogen-bond donors (Lipinski definition) is 0. The fraction of sp³-hybridized carbons (Fsp3) is 0.579. The van der Waals surface area contributed by atoms with Gasteiger partial charge in [-0.05, 0) is 18.6 Å². The Morgan fingerprint density at radius 1 is 0.875 bits per heavy atom. The molecule has 134 valence electrons. The third-order valence-corrected chi connectivity index (χ3v) is 3.83. The van der Waals surface area contributed by atoms with E-state index in [-0.39, 0.29) is 11.1 Å². The van der Waals surface area contributed by atoms with Crippen molar-refractivity contribution in [1.29, 1.82) is 0 Å². The van der Waals surface area contributed by atoms with Crippen LogP contribution in [0.4, 0.5) is 0 Å². The summed E-state index contributed by atoms with van der Waals surface area (Å²) in [5.41, 5.74) is 0.274. The van der Waals surface area contributed by atoms with Crippen LogP contribution in [0.5, 0.6) is 5.75 Å². The van der Waals surface area contributed by atoms with Crippen molar-refractivity contribution in [2.45, 2.75) is 51.9 Å². The van der Waals surface area contributed by atoms with E-state index < -0.39 is 11.9 Å². The number of ether oxygens (including phenoxy) is 3. The molecule has 0 saturated heterocycles. The van der Waals surface area contributed by atoms with Crippen molar-refractivity contribution < 1.29 is 23.8 Å². The van der Waals surface area contributed by atoms with E-state index in [0.29, 0.717) is 12.4 Å². The number of esters is 2. The van der Waals surface area contributed by atoms with E-state index in [1.54, 1.807) is 12.1 Å². The molecule has 5 heteroatoms. The second-order valence-electron chi connectivity index (χ2n) is 5.63. The molecule has 5 nitrogen and oxygen atoms in total. The lowest BCUT2D eigenvalue weighted by atomic mass is 10.1. The number of carbonyl (C=O) groups excluding carboxylic acids is 2. The molecule has 0 radical (unpaired) electrons. The molecule has 0 N–H and O–H groups in total. The normalized spacial score (nSPS) is 10.3. The average Bonchev–Trinajstić information content (AvgIpc) is 2.62. The quantitative estimate of drug-likeness (QED) is 0.443. The molecule has 0 atom stereocenters. The highest BCUT2D eigenvalue weighted by Crippen LogP contribution is 2.24. The van der Waals surface area contributed by atoms with Gasteiger partial charge in [-0.2, -0.15) is 0 Å². The summed E-state index contributed by atoms with van der Waals surface area (Å²) in [5, 5.41) is 0. The highest BCUT2D eigenvalue weighted by Gasteiger charge is 2.23. The van der Waals surface area contributed by atoms with Gasteiger partial charge in [0.15, 0.2) is 0 Å². The first-order chi connectivity index (χ1) is 11.7. The minimum Gasteiger partial charge on any atom is -0.493 e. The van der Waals surface area contributed by atoms with Crippen molar-refractivity contribution in [3.8, 4) is 5.75 Å². The van der Waals surface area contributed by atoms with Gasteiger partial charge in [0.05, 0.1) is 26.4 Å². The monoisotopic (exact) mass is 336 g/mol. The molecule has 0 spiro atoms. The summed E-state index contributed by atoms with van der Waals surface area (Å²) in [6.07, 6.45) is 8.26. The Balaban J connectivity index is 2.61. The van der Waals surface area contributed by atoms with Crippen molar-refractivity contribution in [2.75, 3.05) is 20.8 Å². The number of carbonyl (C=O) groups is 2. The summed E-state index contributed by atoms with van der Waals surface area (Å²) in [6, 6.07) is 4.86. The summed E-state index contributed by atoms with van der Waals surface area (Å²) < 4.78 is 15.2. The van der Waals surface area contributed by atoms with Gasteiger partial charge in [0, 0.05) is 0 Å². The molecule has 0 aliphatic carbocycles. The molecule has 0 fully saturated rings. The lowest BCUT2D eigenvalue weighted by Crippen LogP contribution is -2.14. The summed E-state index contributed by atoms with van der Waals surface area (Å²) in [6.45, 7) is 2.71. The summed E-state index contributed by atoms with van der Waals surface area (Å²) >= 11 is 0. The summed E-state index contributed by atoms with van der Waals surface area (Å²) in [4.78, 5) is 23.8. The van der Waals surface area contributed by atoms with Gasteiger partial charge in [-0.15, -0.1) is 0 Å². The molecule has 1 rings (SSSR count). The lowest BCUT2D eigenvalue weighted by molar-refractivity contribution is 0.0551. The summed E-state index contributed by atoms with van der Waals surface area (Å²) in [5.74, 6) is -0.835. The Labute approximate surface area is 144 Å². The van der Waals surface area contributed by atoms with E-state index in [0.717, 1.165) is 12.8 Å². The highest BCUT2D eigenvalue weighted by atomic mass is 16.5. The number of unbranched alkanes of at least 4 members (excludes halogenated alkanes) is 6. The molecule has 1 aromatic carbocycles. The second-order valence-corrected chi connectivity index (χ2v) is 5.63. The van der Waals surface area contributed by atoms with E-state index in [2.05, 4.69) is 6.92 Å². The molecule has 24 heavy (non-hydrogen) atoms. The predicted molar refractivity (Wildman–Crippen MR) is 92.6 cm³/mol. The molecular weight excluding hydrogens is 308 g/mol. The molecule has 0 saturated carbocycles. The number of methoxy groups -OCH3 is 2. The van der Waals surface area contributed by atoms with Crippen LogP contribution in [-0.4, -0.2) is 32.8 Å². The second kappa shape index (κ2) is 11.5. The molecule has 0 amide bonds. The SMILES string of the molecule is CCCCCCCCCOc1cccc(C(=O)OC)c1C(=O)OC. The van der Waals surface area contributed by atoms with Gasteiger partial charge >= 0.3 is 11.9 Å². The Morgan fingerprint density at radius 2 is 1.50 bits per heavy atom. The smallest absolute Gasteiger partial charge is 0.342 e. The Hall–Kier alpha value is -2.04.